The molecule has 1 unspecified atom stereocenters. The van der Waals surface area contributed by atoms with Crippen LogP contribution in [0.1, 0.15) is 24.8 Å². The maximum atomic E-state index is 10.6. The third kappa shape index (κ3) is 3.61. The Labute approximate surface area is 110 Å². The van der Waals surface area contributed by atoms with Gasteiger partial charge in [0.1, 0.15) is 5.69 Å². The molecule has 1 atom stereocenters. The van der Waals surface area contributed by atoms with E-state index in [0.29, 0.717) is 23.8 Å². The minimum Gasteiger partial charge on any atom is -0.481 e. The van der Waals surface area contributed by atoms with Gasteiger partial charge < -0.3 is 9.63 Å². The predicted octanol–water partition coefficient (Wildman–Crippen LogP) is 2.09. The monoisotopic (exact) mass is 261 g/mol. The van der Waals surface area contributed by atoms with Crippen LogP contribution in [0.25, 0.3) is 11.5 Å². The highest BCUT2D eigenvalue weighted by atomic mass is 16.5. The lowest BCUT2D eigenvalue weighted by molar-refractivity contribution is -0.137. The zero-order valence-electron chi connectivity index (χ0n) is 10.8. The molecular weight excluding hydrogens is 246 g/mol. The van der Waals surface area contributed by atoms with Gasteiger partial charge in [-0.1, -0.05) is 12.1 Å². The lowest BCUT2D eigenvalue weighted by atomic mass is 10.0. The molecule has 0 aliphatic heterocycles. The summed E-state index contributed by atoms with van der Waals surface area (Å²) in [6, 6.07) is 3.76. The zero-order valence-corrected chi connectivity index (χ0v) is 10.8. The summed E-state index contributed by atoms with van der Waals surface area (Å²) in [5.41, 5.74) is 1.72. The summed E-state index contributed by atoms with van der Waals surface area (Å²) in [5.74, 6) is -0.00265. The third-order valence-electron chi connectivity index (χ3n) is 2.66. The number of hydrogen-bond acceptors (Lipinski definition) is 5. The van der Waals surface area contributed by atoms with Crippen molar-refractivity contribution in [3.8, 4) is 11.5 Å². The molecule has 0 bridgehead atoms. The molecule has 19 heavy (non-hydrogen) atoms. The molecule has 0 aliphatic carbocycles. The molecule has 2 rings (SSSR count). The maximum absolute atomic E-state index is 10.6. The van der Waals surface area contributed by atoms with E-state index >= 15 is 0 Å². The number of carboxylic acids is 1. The number of nitrogens with zero attached hydrogens (tertiary/aromatic N) is 3. The largest absolute Gasteiger partial charge is 0.481 e. The Hall–Kier alpha value is -2.24. The van der Waals surface area contributed by atoms with E-state index in [4.69, 9.17) is 9.63 Å². The molecule has 0 amide bonds. The van der Waals surface area contributed by atoms with E-state index in [1.807, 2.05) is 26.0 Å². The average molecular weight is 261 g/mol. The summed E-state index contributed by atoms with van der Waals surface area (Å²) in [7, 11) is 0. The maximum Gasteiger partial charge on any atom is 0.303 e. The number of aryl methyl sites for hydroxylation is 1. The lowest BCUT2D eigenvalue weighted by Gasteiger charge is -2.03. The quantitative estimate of drug-likeness (QED) is 0.886. The minimum atomic E-state index is -0.826. The topological polar surface area (TPSA) is 89.1 Å². The van der Waals surface area contributed by atoms with E-state index in [-0.39, 0.29) is 12.3 Å². The van der Waals surface area contributed by atoms with Crippen molar-refractivity contribution in [1.29, 1.82) is 0 Å². The van der Waals surface area contributed by atoms with Crippen molar-refractivity contribution in [2.24, 2.45) is 5.92 Å². The van der Waals surface area contributed by atoms with Crippen molar-refractivity contribution in [2.45, 2.75) is 26.7 Å². The normalized spacial score (nSPS) is 12.3. The Kier molecular flexibility index (Phi) is 3.89. The van der Waals surface area contributed by atoms with Gasteiger partial charge in [0.25, 0.3) is 0 Å². The summed E-state index contributed by atoms with van der Waals surface area (Å²) in [6.45, 7) is 3.80. The van der Waals surface area contributed by atoms with Crippen LogP contribution in [0.15, 0.2) is 22.9 Å². The number of rotatable bonds is 5. The van der Waals surface area contributed by atoms with E-state index in [1.165, 1.54) is 0 Å². The standard InChI is InChI=1S/C13H15N3O3/c1-8-3-4-14-10(5-8)13-15-11(19-16-13)6-9(2)7-12(17)18/h3-5,9H,6-7H2,1-2H3,(H,17,18). The van der Waals surface area contributed by atoms with Crippen LogP contribution in [0.3, 0.4) is 0 Å². The molecule has 0 saturated heterocycles. The third-order valence-corrected chi connectivity index (χ3v) is 2.66. The van der Waals surface area contributed by atoms with Gasteiger partial charge in [0.2, 0.25) is 11.7 Å². The lowest BCUT2D eigenvalue weighted by Crippen LogP contribution is -2.07. The Morgan fingerprint density at radius 3 is 3.00 bits per heavy atom. The molecule has 100 valence electrons. The Balaban J connectivity index is 2.09. The van der Waals surface area contributed by atoms with Crippen LogP contribution in [-0.2, 0) is 11.2 Å². The number of aliphatic carboxylic acids is 1. The van der Waals surface area contributed by atoms with Crippen molar-refractivity contribution < 1.29 is 14.4 Å². The van der Waals surface area contributed by atoms with Gasteiger partial charge in [0.15, 0.2) is 0 Å². The fourth-order valence-corrected chi connectivity index (χ4v) is 1.77. The highest BCUT2D eigenvalue weighted by Gasteiger charge is 2.15. The molecule has 0 aromatic carbocycles. The Morgan fingerprint density at radius 1 is 1.53 bits per heavy atom. The van der Waals surface area contributed by atoms with Crippen molar-refractivity contribution in [1.82, 2.24) is 15.1 Å². The second-order valence-corrected chi connectivity index (χ2v) is 4.64. The molecule has 2 heterocycles. The van der Waals surface area contributed by atoms with Crippen LogP contribution in [-0.4, -0.2) is 26.2 Å². The Morgan fingerprint density at radius 2 is 2.32 bits per heavy atom. The second kappa shape index (κ2) is 5.60. The molecule has 6 nitrogen and oxygen atoms in total. The highest BCUT2D eigenvalue weighted by Crippen LogP contribution is 2.16. The van der Waals surface area contributed by atoms with Crippen LogP contribution in [0.5, 0.6) is 0 Å². The average Bonchev–Trinajstić information content (AvgIpc) is 2.76. The fourth-order valence-electron chi connectivity index (χ4n) is 1.77. The van der Waals surface area contributed by atoms with E-state index in [2.05, 4.69) is 15.1 Å². The zero-order chi connectivity index (χ0) is 13.8. The van der Waals surface area contributed by atoms with Crippen molar-refractivity contribution >= 4 is 5.97 Å². The summed E-state index contributed by atoms with van der Waals surface area (Å²) in [4.78, 5) is 19.0. The molecule has 0 aliphatic rings. The first kappa shape index (κ1) is 13.2. The summed E-state index contributed by atoms with van der Waals surface area (Å²) in [5, 5.41) is 12.6. The van der Waals surface area contributed by atoms with Gasteiger partial charge in [-0.05, 0) is 30.5 Å². The molecular formula is C13H15N3O3. The van der Waals surface area contributed by atoms with Crippen LogP contribution < -0.4 is 0 Å². The molecule has 2 aromatic rings. The number of pyridine rings is 1. The van der Waals surface area contributed by atoms with E-state index in [9.17, 15) is 4.79 Å². The molecule has 0 saturated carbocycles. The number of carbonyl (C=O) groups is 1. The molecule has 1 N–H and O–H groups in total. The minimum absolute atomic E-state index is 0.0451. The van der Waals surface area contributed by atoms with Crippen LogP contribution >= 0.6 is 0 Å². The van der Waals surface area contributed by atoms with Gasteiger partial charge in [0.05, 0.1) is 0 Å². The van der Waals surface area contributed by atoms with Gasteiger partial charge in [-0.15, -0.1) is 0 Å². The van der Waals surface area contributed by atoms with Gasteiger partial charge in [-0.25, -0.2) is 0 Å². The Bertz CT molecular complexity index is 580. The van der Waals surface area contributed by atoms with Crippen LogP contribution in [0.4, 0.5) is 0 Å². The van der Waals surface area contributed by atoms with Crippen LogP contribution in [0.2, 0.25) is 0 Å². The van der Waals surface area contributed by atoms with Crippen molar-refractivity contribution in [3.63, 3.8) is 0 Å². The second-order valence-electron chi connectivity index (χ2n) is 4.64. The van der Waals surface area contributed by atoms with Gasteiger partial charge >= 0.3 is 5.97 Å². The number of aromatic nitrogens is 3. The first-order chi connectivity index (χ1) is 9.04. The summed E-state index contributed by atoms with van der Waals surface area (Å²) in [6.07, 6.45) is 2.22. The SMILES string of the molecule is Cc1ccnc(-c2noc(CC(C)CC(=O)O)n2)c1. The fraction of sp³-hybridized carbons (Fsp3) is 0.385. The smallest absolute Gasteiger partial charge is 0.303 e. The molecule has 2 aromatic heterocycles. The van der Waals surface area contributed by atoms with E-state index < -0.39 is 5.97 Å². The number of carboxylic acid groups (broad SMARTS) is 1. The first-order valence-electron chi connectivity index (χ1n) is 6.02. The summed E-state index contributed by atoms with van der Waals surface area (Å²) >= 11 is 0. The van der Waals surface area contributed by atoms with E-state index in [1.54, 1.807) is 6.20 Å². The van der Waals surface area contributed by atoms with Gasteiger partial charge in [-0.3, -0.25) is 9.78 Å². The molecule has 0 spiro atoms. The van der Waals surface area contributed by atoms with Crippen molar-refractivity contribution in [2.75, 3.05) is 0 Å². The highest BCUT2D eigenvalue weighted by molar-refractivity contribution is 5.66. The predicted molar refractivity (Wildman–Crippen MR) is 67.4 cm³/mol. The first-order valence-corrected chi connectivity index (χ1v) is 6.02. The summed E-state index contributed by atoms with van der Waals surface area (Å²) < 4.78 is 5.12. The molecule has 0 radical (unpaired) electrons. The van der Waals surface area contributed by atoms with Gasteiger partial charge in [0, 0.05) is 19.0 Å². The van der Waals surface area contributed by atoms with Crippen LogP contribution in [0, 0.1) is 12.8 Å². The van der Waals surface area contributed by atoms with Gasteiger partial charge in [-0.2, -0.15) is 4.98 Å². The molecule has 0 fully saturated rings. The van der Waals surface area contributed by atoms with E-state index in [0.717, 1.165) is 5.56 Å². The van der Waals surface area contributed by atoms with Crippen molar-refractivity contribution in [3.05, 3.63) is 29.8 Å². The molecule has 6 heteroatoms. The number of hydrogen-bond donors (Lipinski definition) is 1.